The van der Waals surface area contributed by atoms with Gasteiger partial charge in [-0.1, -0.05) is 29.4 Å². The first-order valence-electron chi connectivity index (χ1n) is 6.30. The lowest BCUT2D eigenvalue weighted by Crippen LogP contribution is -1.99. The lowest BCUT2D eigenvalue weighted by molar-refractivity contribution is -0.131. The van der Waals surface area contributed by atoms with Crippen molar-refractivity contribution in [1.29, 1.82) is 0 Å². The van der Waals surface area contributed by atoms with Crippen molar-refractivity contribution >= 4 is 5.97 Å². The van der Waals surface area contributed by atoms with Crippen LogP contribution in [0.15, 0.2) is 35.5 Å². The van der Waals surface area contributed by atoms with Gasteiger partial charge in [0.2, 0.25) is 0 Å². The van der Waals surface area contributed by atoms with E-state index in [4.69, 9.17) is 5.11 Å². The lowest BCUT2D eigenvalue weighted by atomic mass is 9.93. The van der Waals surface area contributed by atoms with Gasteiger partial charge in [0.05, 0.1) is 0 Å². The highest BCUT2D eigenvalue weighted by Crippen LogP contribution is 2.21. The van der Waals surface area contributed by atoms with Crippen molar-refractivity contribution in [2.45, 2.75) is 46.0 Å². The maximum atomic E-state index is 10.5. The molecule has 0 aromatic rings. The first-order chi connectivity index (χ1) is 8.08. The van der Waals surface area contributed by atoms with Crippen LogP contribution in [0.1, 0.15) is 46.0 Å². The highest BCUT2D eigenvalue weighted by molar-refractivity contribution is 5.79. The smallest absolute Gasteiger partial charge is 0.327 e. The Kier molecular flexibility index (Phi) is 5.75. The molecule has 1 N–H and O–H groups in total. The molecule has 0 spiro atoms. The van der Waals surface area contributed by atoms with Crippen LogP contribution in [0.5, 0.6) is 0 Å². The number of allylic oxidation sites excluding steroid dienone is 5. The molecular formula is C15H22O2. The Balaban J connectivity index is 2.68. The third-order valence-electron chi connectivity index (χ3n) is 3.22. The zero-order valence-electron chi connectivity index (χ0n) is 10.8. The summed E-state index contributed by atoms with van der Waals surface area (Å²) in [5.41, 5.74) is 2.83. The molecule has 0 aliphatic heterocycles. The van der Waals surface area contributed by atoms with Gasteiger partial charge in [-0.15, -0.1) is 0 Å². The second-order valence-corrected chi connectivity index (χ2v) is 4.87. The second kappa shape index (κ2) is 7.10. The van der Waals surface area contributed by atoms with Crippen molar-refractivity contribution in [2.24, 2.45) is 5.92 Å². The zero-order valence-corrected chi connectivity index (χ0v) is 10.8. The molecule has 0 bridgehead atoms. The number of hydrogen-bond acceptors (Lipinski definition) is 1. The largest absolute Gasteiger partial charge is 0.478 e. The van der Waals surface area contributed by atoms with Crippen molar-refractivity contribution in [1.82, 2.24) is 0 Å². The SMILES string of the molecule is C/C1=C\C[C@H](/C=C/C(=O)O)CC/C(C)=C/CC1. The average Bonchev–Trinajstić information content (AvgIpc) is 2.27. The van der Waals surface area contributed by atoms with Crippen LogP contribution < -0.4 is 0 Å². The third-order valence-corrected chi connectivity index (χ3v) is 3.22. The van der Waals surface area contributed by atoms with Crippen LogP contribution in [-0.2, 0) is 4.79 Å². The molecule has 94 valence electrons. The molecule has 0 fully saturated rings. The summed E-state index contributed by atoms with van der Waals surface area (Å²) in [5.74, 6) is -0.502. The first kappa shape index (κ1) is 13.8. The molecule has 0 heterocycles. The topological polar surface area (TPSA) is 37.3 Å². The zero-order chi connectivity index (χ0) is 12.7. The van der Waals surface area contributed by atoms with Gasteiger partial charge < -0.3 is 5.11 Å². The number of carboxylic acids is 1. The van der Waals surface area contributed by atoms with Crippen molar-refractivity contribution in [2.75, 3.05) is 0 Å². The van der Waals surface area contributed by atoms with E-state index in [9.17, 15) is 4.79 Å². The van der Waals surface area contributed by atoms with Crippen LogP contribution in [-0.4, -0.2) is 11.1 Å². The number of carboxylic acid groups (broad SMARTS) is 1. The minimum absolute atomic E-state index is 0.350. The normalized spacial score (nSPS) is 29.2. The Morgan fingerprint density at radius 3 is 2.71 bits per heavy atom. The summed E-state index contributed by atoms with van der Waals surface area (Å²) in [6, 6.07) is 0. The second-order valence-electron chi connectivity index (χ2n) is 4.87. The maximum absolute atomic E-state index is 10.5. The fraction of sp³-hybridized carbons (Fsp3) is 0.533. The van der Waals surface area contributed by atoms with Gasteiger partial charge in [0.15, 0.2) is 0 Å². The third kappa shape index (κ3) is 6.10. The van der Waals surface area contributed by atoms with E-state index < -0.39 is 5.97 Å². The van der Waals surface area contributed by atoms with E-state index >= 15 is 0 Å². The van der Waals surface area contributed by atoms with Gasteiger partial charge in [0.25, 0.3) is 0 Å². The van der Waals surface area contributed by atoms with Crippen LogP contribution in [0.3, 0.4) is 0 Å². The molecule has 0 aromatic heterocycles. The summed E-state index contributed by atoms with van der Waals surface area (Å²) in [4.78, 5) is 10.5. The van der Waals surface area contributed by atoms with E-state index in [1.807, 2.05) is 6.08 Å². The van der Waals surface area contributed by atoms with Gasteiger partial charge >= 0.3 is 5.97 Å². The van der Waals surface area contributed by atoms with E-state index in [-0.39, 0.29) is 0 Å². The van der Waals surface area contributed by atoms with E-state index in [0.29, 0.717) is 5.92 Å². The predicted octanol–water partition coefficient (Wildman–Crippen LogP) is 4.10. The predicted molar refractivity (Wildman–Crippen MR) is 70.9 cm³/mol. The van der Waals surface area contributed by atoms with Crippen LogP contribution in [0.25, 0.3) is 0 Å². The van der Waals surface area contributed by atoms with E-state index in [1.165, 1.54) is 17.2 Å². The van der Waals surface area contributed by atoms with Crippen LogP contribution in [0.2, 0.25) is 0 Å². The fourth-order valence-corrected chi connectivity index (χ4v) is 2.03. The summed E-state index contributed by atoms with van der Waals surface area (Å²) in [6.07, 6.45) is 13.0. The molecular weight excluding hydrogens is 212 g/mol. The van der Waals surface area contributed by atoms with Crippen molar-refractivity contribution in [3.05, 3.63) is 35.5 Å². The molecule has 17 heavy (non-hydrogen) atoms. The summed E-state index contributed by atoms with van der Waals surface area (Å²) in [6.45, 7) is 4.32. The van der Waals surface area contributed by atoms with Crippen molar-refractivity contribution in [3.8, 4) is 0 Å². The lowest BCUT2D eigenvalue weighted by Gasteiger charge is -2.13. The van der Waals surface area contributed by atoms with Gasteiger partial charge in [-0.2, -0.15) is 0 Å². The Bertz CT molecular complexity index is 348. The molecule has 0 saturated heterocycles. The summed E-state index contributed by atoms with van der Waals surface area (Å²) < 4.78 is 0. The molecule has 0 amide bonds. The highest BCUT2D eigenvalue weighted by Gasteiger charge is 2.06. The molecule has 0 aromatic carbocycles. The van der Waals surface area contributed by atoms with Crippen molar-refractivity contribution in [3.63, 3.8) is 0 Å². The molecule has 1 aliphatic carbocycles. The molecule has 0 saturated carbocycles. The molecule has 2 heteroatoms. The number of aliphatic carboxylic acids is 1. The average molecular weight is 234 g/mol. The molecule has 1 aliphatic rings. The van der Waals surface area contributed by atoms with Crippen molar-refractivity contribution < 1.29 is 9.90 Å². The van der Waals surface area contributed by atoms with Gasteiger partial charge in [-0.25, -0.2) is 4.79 Å². The molecule has 1 atom stereocenters. The standard InChI is InChI=1S/C15H22O2/c1-12-4-3-5-13(2)7-9-14(8-6-12)10-11-15(16)17/h4,7,10-11,14H,3,5-6,8-9H2,1-2H3,(H,16,17)/b11-10+,12-4+,13-7+/t14-/m1/s1. The number of hydrogen-bond donors (Lipinski definition) is 1. The highest BCUT2D eigenvalue weighted by atomic mass is 16.4. The fourth-order valence-electron chi connectivity index (χ4n) is 2.03. The Morgan fingerprint density at radius 1 is 1.29 bits per heavy atom. The summed E-state index contributed by atoms with van der Waals surface area (Å²) >= 11 is 0. The number of rotatable bonds is 2. The maximum Gasteiger partial charge on any atom is 0.327 e. The Morgan fingerprint density at radius 2 is 2.00 bits per heavy atom. The van der Waals surface area contributed by atoms with Crippen LogP contribution in [0, 0.1) is 5.92 Å². The van der Waals surface area contributed by atoms with E-state index in [2.05, 4.69) is 26.0 Å². The van der Waals surface area contributed by atoms with Gasteiger partial charge in [-0.3, -0.25) is 0 Å². The molecule has 2 nitrogen and oxygen atoms in total. The quantitative estimate of drug-likeness (QED) is 0.577. The minimum Gasteiger partial charge on any atom is -0.478 e. The van der Waals surface area contributed by atoms with Gasteiger partial charge in [0.1, 0.15) is 0 Å². The first-order valence-corrected chi connectivity index (χ1v) is 6.30. The number of carbonyl (C=O) groups is 1. The van der Waals surface area contributed by atoms with E-state index in [1.54, 1.807) is 0 Å². The Labute approximate surface area is 104 Å². The van der Waals surface area contributed by atoms with E-state index in [0.717, 1.165) is 32.1 Å². The summed E-state index contributed by atoms with van der Waals surface area (Å²) in [5, 5.41) is 8.66. The molecule has 0 unspecified atom stereocenters. The summed E-state index contributed by atoms with van der Waals surface area (Å²) in [7, 11) is 0. The van der Waals surface area contributed by atoms with Crippen LogP contribution in [0.4, 0.5) is 0 Å². The Hall–Kier alpha value is -1.31. The van der Waals surface area contributed by atoms with Crippen LogP contribution >= 0.6 is 0 Å². The van der Waals surface area contributed by atoms with Gasteiger partial charge in [0, 0.05) is 6.08 Å². The van der Waals surface area contributed by atoms with Gasteiger partial charge in [-0.05, 0) is 51.9 Å². The molecule has 0 radical (unpaired) electrons. The molecule has 1 rings (SSSR count). The minimum atomic E-state index is -0.852. The monoisotopic (exact) mass is 234 g/mol.